The number of pyridine rings is 1. The molecule has 0 saturated heterocycles. The van der Waals surface area contributed by atoms with Crippen LogP contribution in [0.5, 0.6) is 0 Å². The highest BCUT2D eigenvalue weighted by Gasteiger charge is 2.15. The second kappa shape index (κ2) is 6.31. The number of aromatic carboxylic acids is 1. The molecular weight excluding hydrogens is 342 g/mol. The van der Waals surface area contributed by atoms with Gasteiger partial charge >= 0.3 is 5.97 Å². The average molecular weight is 352 g/mol. The maximum atomic E-state index is 11.2. The Morgan fingerprint density at radius 3 is 2.81 bits per heavy atom. The third kappa shape index (κ3) is 3.54. The van der Waals surface area contributed by atoms with Gasteiger partial charge in [-0.15, -0.1) is 0 Å². The van der Waals surface area contributed by atoms with Crippen molar-refractivity contribution in [2.75, 3.05) is 5.32 Å². The second-order valence-electron chi connectivity index (χ2n) is 4.09. The maximum Gasteiger partial charge on any atom is 0.339 e. The Kier molecular flexibility index (Phi) is 4.49. The number of aromatic nitrogens is 1. The van der Waals surface area contributed by atoms with Crippen molar-refractivity contribution in [1.82, 2.24) is 4.98 Å². The fraction of sp³-hybridized carbons (Fsp3) is 0.0769. The molecule has 0 bridgehead atoms. The Bertz CT molecular complexity index is 706. The molecule has 8 heteroatoms. The van der Waals surface area contributed by atoms with Crippen molar-refractivity contribution in [1.29, 1.82) is 0 Å². The minimum atomic E-state index is -1.13. The zero-order chi connectivity index (χ0) is 15.4. The van der Waals surface area contributed by atoms with E-state index in [2.05, 4.69) is 26.2 Å². The lowest BCUT2D eigenvalue weighted by molar-refractivity contribution is -0.385. The highest BCUT2D eigenvalue weighted by atomic mass is 79.9. The molecule has 1 aromatic carbocycles. The Morgan fingerprint density at radius 2 is 2.14 bits per heavy atom. The lowest BCUT2D eigenvalue weighted by atomic mass is 10.1. The van der Waals surface area contributed by atoms with E-state index in [-0.39, 0.29) is 23.6 Å². The molecule has 0 radical (unpaired) electrons. The van der Waals surface area contributed by atoms with E-state index in [4.69, 9.17) is 5.11 Å². The van der Waals surface area contributed by atoms with Crippen molar-refractivity contribution >= 4 is 33.4 Å². The molecule has 0 aliphatic heterocycles. The molecule has 0 aliphatic carbocycles. The summed E-state index contributed by atoms with van der Waals surface area (Å²) in [6.45, 7) is 0.103. The first kappa shape index (κ1) is 14.9. The van der Waals surface area contributed by atoms with Gasteiger partial charge in [0.15, 0.2) is 0 Å². The van der Waals surface area contributed by atoms with Crippen molar-refractivity contribution in [3.63, 3.8) is 0 Å². The first-order valence-corrected chi connectivity index (χ1v) is 6.63. The molecule has 0 aliphatic rings. The van der Waals surface area contributed by atoms with Gasteiger partial charge in [-0.25, -0.2) is 9.78 Å². The molecule has 0 fully saturated rings. The van der Waals surface area contributed by atoms with Gasteiger partial charge in [0.2, 0.25) is 0 Å². The first-order valence-electron chi connectivity index (χ1n) is 5.84. The van der Waals surface area contributed by atoms with Gasteiger partial charge in [0.1, 0.15) is 11.4 Å². The van der Waals surface area contributed by atoms with Gasteiger partial charge in [0, 0.05) is 28.8 Å². The topological polar surface area (TPSA) is 105 Å². The number of nitro groups is 1. The molecule has 1 heterocycles. The van der Waals surface area contributed by atoms with Gasteiger partial charge in [-0.1, -0.05) is 18.2 Å². The van der Waals surface area contributed by atoms with E-state index in [1.165, 1.54) is 18.3 Å². The molecule has 21 heavy (non-hydrogen) atoms. The van der Waals surface area contributed by atoms with Crippen molar-refractivity contribution in [2.45, 2.75) is 6.54 Å². The molecule has 108 valence electrons. The monoisotopic (exact) mass is 351 g/mol. The molecule has 0 spiro atoms. The number of rotatable bonds is 5. The van der Waals surface area contributed by atoms with Gasteiger partial charge in [0.25, 0.3) is 5.69 Å². The molecule has 0 amide bonds. The number of hydrogen-bond donors (Lipinski definition) is 2. The van der Waals surface area contributed by atoms with Crippen LogP contribution in [0.25, 0.3) is 0 Å². The maximum absolute atomic E-state index is 11.2. The number of carboxylic acids is 1. The summed E-state index contributed by atoms with van der Waals surface area (Å²) in [5, 5.41) is 22.9. The normalized spacial score (nSPS) is 10.1. The lowest BCUT2D eigenvalue weighted by Crippen LogP contribution is -2.09. The number of carbonyl (C=O) groups is 1. The number of hydrogen-bond acceptors (Lipinski definition) is 5. The Hall–Kier alpha value is -2.48. The van der Waals surface area contributed by atoms with Gasteiger partial charge in [-0.3, -0.25) is 10.1 Å². The molecule has 2 rings (SSSR count). The molecule has 2 aromatic rings. The van der Waals surface area contributed by atoms with Crippen molar-refractivity contribution in [3.05, 3.63) is 62.2 Å². The summed E-state index contributed by atoms with van der Waals surface area (Å²) in [6.07, 6.45) is 1.45. The van der Waals surface area contributed by atoms with E-state index in [9.17, 15) is 14.9 Å². The van der Waals surface area contributed by atoms with Crippen LogP contribution in [0, 0.1) is 10.1 Å². The van der Waals surface area contributed by atoms with E-state index in [0.29, 0.717) is 10.0 Å². The van der Waals surface area contributed by atoms with Crippen LogP contribution in [0.1, 0.15) is 15.9 Å². The summed E-state index contributed by atoms with van der Waals surface area (Å²) in [7, 11) is 0. The zero-order valence-electron chi connectivity index (χ0n) is 10.6. The number of benzene rings is 1. The van der Waals surface area contributed by atoms with Crippen LogP contribution in [0.4, 0.5) is 11.5 Å². The summed E-state index contributed by atoms with van der Waals surface area (Å²) in [6, 6.07) is 7.66. The minimum absolute atomic E-state index is 0.0111. The molecule has 2 N–H and O–H groups in total. The summed E-state index contributed by atoms with van der Waals surface area (Å²) in [5.74, 6) is -0.974. The molecular formula is C13H10BrN3O4. The van der Waals surface area contributed by atoms with Crippen molar-refractivity contribution < 1.29 is 14.8 Å². The fourth-order valence-electron chi connectivity index (χ4n) is 1.76. The SMILES string of the molecule is O=C(O)c1cc(Br)cnc1NCc1ccccc1[N+](=O)[O-]. The van der Waals surface area contributed by atoms with Crippen LogP contribution in [0.2, 0.25) is 0 Å². The van der Waals surface area contributed by atoms with E-state index >= 15 is 0 Å². The molecule has 0 saturated carbocycles. The van der Waals surface area contributed by atoms with Crippen molar-refractivity contribution in [3.8, 4) is 0 Å². The number of nitrogens with one attached hydrogen (secondary N) is 1. The lowest BCUT2D eigenvalue weighted by Gasteiger charge is -2.09. The van der Waals surface area contributed by atoms with E-state index in [1.54, 1.807) is 18.2 Å². The number of nitro benzene ring substituents is 1. The number of para-hydroxylation sites is 1. The fourth-order valence-corrected chi connectivity index (χ4v) is 2.09. The predicted molar refractivity (Wildman–Crippen MR) is 79.3 cm³/mol. The number of carboxylic acid groups (broad SMARTS) is 1. The number of nitrogens with zero attached hydrogens (tertiary/aromatic N) is 2. The smallest absolute Gasteiger partial charge is 0.339 e. The molecule has 0 unspecified atom stereocenters. The summed E-state index contributed by atoms with van der Waals surface area (Å²) < 4.78 is 0.538. The van der Waals surface area contributed by atoms with Crippen LogP contribution < -0.4 is 5.32 Å². The third-order valence-electron chi connectivity index (χ3n) is 2.72. The molecule has 0 atom stereocenters. The van der Waals surface area contributed by atoms with Gasteiger partial charge in [0.05, 0.1) is 4.92 Å². The summed E-state index contributed by atoms with van der Waals surface area (Å²) in [4.78, 5) is 25.6. The van der Waals surface area contributed by atoms with Crippen LogP contribution in [0.15, 0.2) is 41.0 Å². The first-order chi connectivity index (χ1) is 9.99. The largest absolute Gasteiger partial charge is 0.478 e. The number of halogens is 1. The van der Waals surface area contributed by atoms with Crippen LogP contribution >= 0.6 is 15.9 Å². The van der Waals surface area contributed by atoms with Crippen molar-refractivity contribution in [2.24, 2.45) is 0 Å². The zero-order valence-corrected chi connectivity index (χ0v) is 12.2. The second-order valence-corrected chi connectivity index (χ2v) is 5.01. The van der Waals surface area contributed by atoms with E-state index in [0.717, 1.165) is 0 Å². The number of anilines is 1. The summed E-state index contributed by atoms with van der Waals surface area (Å²) >= 11 is 3.15. The standard InChI is InChI=1S/C13H10BrN3O4/c14-9-5-10(13(18)19)12(16-7-9)15-6-8-3-1-2-4-11(8)17(20)21/h1-5,7H,6H2,(H,15,16)(H,18,19). The van der Waals surface area contributed by atoms with Crippen LogP contribution in [0.3, 0.4) is 0 Å². The Labute approximate surface area is 127 Å². The highest BCUT2D eigenvalue weighted by molar-refractivity contribution is 9.10. The predicted octanol–water partition coefficient (Wildman–Crippen LogP) is 3.06. The molecule has 1 aromatic heterocycles. The third-order valence-corrected chi connectivity index (χ3v) is 3.15. The van der Waals surface area contributed by atoms with E-state index < -0.39 is 10.9 Å². The minimum Gasteiger partial charge on any atom is -0.478 e. The van der Waals surface area contributed by atoms with Gasteiger partial charge in [-0.05, 0) is 22.0 Å². The van der Waals surface area contributed by atoms with Crippen LogP contribution in [-0.4, -0.2) is 21.0 Å². The highest BCUT2D eigenvalue weighted by Crippen LogP contribution is 2.21. The van der Waals surface area contributed by atoms with Gasteiger partial charge < -0.3 is 10.4 Å². The summed E-state index contributed by atoms with van der Waals surface area (Å²) in [5.41, 5.74) is 0.408. The van der Waals surface area contributed by atoms with E-state index in [1.807, 2.05) is 0 Å². The Balaban J connectivity index is 2.25. The van der Waals surface area contributed by atoms with Crippen LogP contribution in [-0.2, 0) is 6.54 Å². The molecule has 7 nitrogen and oxygen atoms in total. The van der Waals surface area contributed by atoms with Gasteiger partial charge in [-0.2, -0.15) is 0 Å². The Morgan fingerprint density at radius 1 is 1.43 bits per heavy atom. The quantitative estimate of drug-likeness (QED) is 0.633. The average Bonchev–Trinajstić information content (AvgIpc) is 2.46.